The monoisotopic (exact) mass is 233 g/mol. The lowest BCUT2D eigenvalue weighted by atomic mass is 9.96. The molecule has 18 heavy (non-hydrogen) atoms. The molecule has 2 aromatic rings. The maximum absolute atomic E-state index is 2.32. The van der Waals surface area contributed by atoms with Gasteiger partial charge < -0.3 is 0 Å². The average molecular weight is 233 g/mol. The molecule has 0 aromatic heterocycles. The largest absolute Gasteiger partial charge is 0.0616 e. The number of hydrogen-bond donors (Lipinski definition) is 0. The third-order valence-electron chi connectivity index (χ3n) is 3.58. The van der Waals surface area contributed by atoms with Crippen molar-refractivity contribution in [1.82, 2.24) is 0 Å². The van der Waals surface area contributed by atoms with Crippen LogP contribution in [0.5, 0.6) is 0 Å². The summed E-state index contributed by atoms with van der Waals surface area (Å²) in [5, 5.41) is 0. The minimum absolute atomic E-state index is 1.10. The zero-order valence-electron chi connectivity index (χ0n) is 10.9. The Balaban J connectivity index is 2.12. The third-order valence-corrected chi connectivity index (χ3v) is 3.58. The molecule has 3 rings (SSSR count). The molecule has 1 aliphatic carbocycles. The van der Waals surface area contributed by atoms with Crippen LogP contribution in [0.1, 0.15) is 30.0 Å². The molecule has 0 N–H and O–H groups in total. The standard InChI is InChI=1S/C18H17/c1-3-14-11-16-5-4-6-17(18(16)12-14)15-9-7-13(2)8-10-15/h4-12H,3H2,1-2H3. The van der Waals surface area contributed by atoms with E-state index in [1.807, 2.05) is 0 Å². The van der Waals surface area contributed by atoms with Crippen LogP contribution in [0.25, 0.3) is 17.2 Å². The number of aryl methyl sites for hydroxylation is 1. The predicted molar refractivity (Wildman–Crippen MR) is 78.3 cm³/mol. The summed E-state index contributed by atoms with van der Waals surface area (Å²) in [6, 6.07) is 15.3. The molecule has 1 radical (unpaired) electrons. The second-order valence-corrected chi connectivity index (χ2v) is 4.89. The van der Waals surface area contributed by atoms with Gasteiger partial charge in [0.2, 0.25) is 0 Å². The Labute approximate surface area is 109 Å². The molecule has 0 saturated carbocycles. The van der Waals surface area contributed by atoms with E-state index in [1.54, 1.807) is 0 Å². The average Bonchev–Trinajstić information content (AvgIpc) is 2.82. The molecule has 0 saturated heterocycles. The lowest BCUT2D eigenvalue weighted by Gasteiger charge is -2.08. The van der Waals surface area contributed by atoms with Crippen LogP contribution in [0, 0.1) is 13.3 Å². The Bertz CT molecular complexity index is 600. The fourth-order valence-electron chi connectivity index (χ4n) is 2.49. The van der Waals surface area contributed by atoms with Crippen LogP contribution >= 0.6 is 0 Å². The molecule has 0 atom stereocenters. The van der Waals surface area contributed by atoms with Crippen LogP contribution in [-0.2, 0) is 0 Å². The first-order chi connectivity index (χ1) is 8.78. The van der Waals surface area contributed by atoms with Gasteiger partial charge in [-0.3, -0.25) is 0 Å². The minimum Gasteiger partial charge on any atom is -0.0616 e. The van der Waals surface area contributed by atoms with Gasteiger partial charge in [-0.05, 0) is 35.6 Å². The van der Waals surface area contributed by atoms with E-state index in [0.29, 0.717) is 0 Å². The number of hydrogen-bond acceptors (Lipinski definition) is 0. The molecule has 1 aliphatic rings. The van der Waals surface area contributed by atoms with E-state index in [2.05, 4.69) is 68.8 Å². The van der Waals surface area contributed by atoms with Crippen molar-refractivity contribution in [2.45, 2.75) is 20.3 Å². The lowest BCUT2D eigenvalue weighted by Crippen LogP contribution is -1.86. The van der Waals surface area contributed by atoms with E-state index >= 15 is 0 Å². The van der Waals surface area contributed by atoms with Crippen LogP contribution in [0.15, 0.2) is 48.0 Å². The summed E-state index contributed by atoms with van der Waals surface area (Å²) in [7, 11) is 0. The number of benzene rings is 2. The smallest absolute Gasteiger partial charge is 0.0164 e. The van der Waals surface area contributed by atoms with Gasteiger partial charge in [-0.2, -0.15) is 0 Å². The zero-order chi connectivity index (χ0) is 12.5. The molecule has 0 nitrogen and oxygen atoms in total. The summed E-state index contributed by atoms with van der Waals surface area (Å²) in [5.41, 5.74) is 8.10. The molecule has 2 aromatic carbocycles. The van der Waals surface area contributed by atoms with Crippen molar-refractivity contribution in [3.8, 4) is 11.1 Å². The molecule has 0 heterocycles. The van der Waals surface area contributed by atoms with Crippen molar-refractivity contribution in [3.05, 3.63) is 71.1 Å². The van der Waals surface area contributed by atoms with Crippen LogP contribution in [0.4, 0.5) is 0 Å². The number of rotatable bonds is 2. The Morgan fingerprint density at radius 3 is 2.44 bits per heavy atom. The zero-order valence-corrected chi connectivity index (χ0v) is 10.9. The number of fused-ring (bicyclic) bond motifs is 1. The second-order valence-electron chi connectivity index (χ2n) is 4.89. The van der Waals surface area contributed by atoms with Gasteiger partial charge in [-0.25, -0.2) is 0 Å². The maximum Gasteiger partial charge on any atom is 0.0164 e. The highest BCUT2D eigenvalue weighted by Gasteiger charge is 2.15. The normalized spacial score (nSPS) is 13.3. The molecule has 0 spiro atoms. The first kappa shape index (κ1) is 11.3. The summed E-state index contributed by atoms with van der Waals surface area (Å²) in [6.07, 6.45) is 5.72. The molecule has 0 amide bonds. The van der Waals surface area contributed by atoms with Crippen molar-refractivity contribution < 1.29 is 0 Å². The molecule has 0 aliphatic heterocycles. The topological polar surface area (TPSA) is 0 Å². The van der Waals surface area contributed by atoms with Gasteiger partial charge in [0.1, 0.15) is 0 Å². The summed E-state index contributed by atoms with van der Waals surface area (Å²) < 4.78 is 0. The van der Waals surface area contributed by atoms with Crippen molar-refractivity contribution in [3.63, 3.8) is 0 Å². The van der Waals surface area contributed by atoms with E-state index in [1.165, 1.54) is 33.4 Å². The summed E-state index contributed by atoms with van der Waals surface area (Å²) in [6.45, 7) is 4.34. The van der Waals surface area contributed by atoms with Crippen LogP contribution in [-0.4, -0.2) is 0 Å². The Hall–Kier alpha value is -1.82. The van der Waals surface area contributed by atoms with E-state index in [9.17, 15) is 0 Å². The molecular weight excluding hydrogens is 216 g/mol. The Morgan fingerprint density at radius 2 is 1.72 bits per heavy atom. The second kappa shape index (κ2) is 4.45. The summed E-state index contributed by atoms with van der Waals surface area (Å²) in [4.78, 5) is 0. The number of allylic oxidation sites excluding steroid dienone is 1. The first-order valence-corrected chi connectivity index (χ1v) is 6.53. The highest BCUT2D eigenvalue weighted by molar-refractivity contribution is 5.83. The SMILES string of the molecule is CCC1=Cc2c(cccc2-c2ccc(C)cc2)[CH]1. The molecule has 0 unspecified atom stereocenters. The first-order valence-electron chi connectivity index (χ1n) is 6.53. The van der Waals surface area contributed by atoms with Gasteiger partial charge in [0.05, 0.1) is 0 Å². The van der Waals surface area contributed by atoms with Gasteiger partial charge >= 0.3 is 0 Å². The van der Waals surface area contributed by atoms with E-state index in [4.69, 9.17) is 0 Å². The molecule has 0 bridgehead atoms. The maximum atomic E-state index is 2.32. The predicted octanol–water partition coefficient (Wildman–Crippen LogP) is 5.02. The van der Waals surface area contributed by atoms with Crippen LogP contribution < -0.4 is 0 Å². The van der Waals surface area contributed by atoms with E-state index < -0.39 is 0 Å². The molecule has 0 heteroatoms. The van der Waals surface area contributed by atoms with Crippen molar-refractivity contribution in [1.29, 1.82) is 0 Å². The lowest BCUT2D eigenvalue weighted by molar-refractivity contribution is 1.14. The molecule has 0 fully saturated rings. The summed E-state index contributed by atoms with van der Waals surface area (Å²) >= 11 is 0. The van der Waals surface area contributed by atoms with Crippen LogP contribution in [0.3, 0.4) is 0 Å². The fourth-order valence-corrected chi connectivity index (χ4v) is 2.49. The van der Waals surface area contributed by atoms with Crippen LogP contribution in [0.2, 0.25) is 0 Å². The Morgan fingerprint density at radius 1 is 0.944 bits per heavy atom. The quantitative estimate of drug-likeness (QED) is 0.683. The van der Waals surface area contributed by atoms with Crippen molar-refractivity contribution in [2.24, 2.45) is 0 Å². The molecule has 89 valence electrons. The minimum atomic E-state index is 1.10. The van der Waals surface area contributed by atoms with E-state index in [-0.39, 0.29) is 0 Å². The highest BCUT2D eigenvalue weighted by atomic mass is 14.2. The van der Waals surface area contributed by atoms with E-state index in [0.717, 1.165) is 6.42 Å². The van der Waals surface area contributed by atoms with Gasteiger partial charge in [-0.1, -0.05) is 66.6 Å². The van der Waals surface area contributed by atoms with Crippen molar-refractivity contribution >= 4 is 6.08 Å². The van der Waals surface area contributed by atoms with Gasteiger partial charge in [0.15, 0.2) is 0 Å². The Kier molecular flexibility index (Phi) is 2.79. The molecular formula is C18H17. The summed E-state index contributed by atoms with van der Waals surface area (Å²) in [5.74, 6) is 0. The highest BCUT2D eigenvalue weighted by Crippen LogP contribution is 2.35. The third kappa shape index (κ3) is 1.88. The fraction of sp³-hybridized carbons (Fsp3) is 0.167. The van der Waals surface area contributed by atoms with Gasteiger partial charge in [0.25, 0.3) is 0 Å². The van der Waals surface area contributed by atoms with Crippen molar-refractivity contribution in [2.75, 3.05) is 0 Å². The van der Waals surface area contributed by atoms with Gasteiger partial charge in [0, 0.05) is 6.42 Å². The van der Waals surface area contributed by atoms with Gasteiger partial charge in [-0.15, -0.1) is 0 Å².